The quantitative estimate of drug-likeness (QED) is 0.688. The minimum Gasteiger partial charge on any atom is -0.392 e. The van der Waals surface area contributed by atoms with Crippen molar-refractivity contribution >= 4 is 11.7 Å². The van der Waals surface area contributed by atoms with Crippen LogP contribution < -0.4 is 0 Å². The summed E-state index contributed by atoms with van der Waals surface area (Å²) >= 11 is 0.556. The van der Waals surface area contributed by atoms with E-state index < -0.39 is 0 Å². The van der Waals surface area contributed by atoms with Crippen molar-refractivity contribution in [1.82, 2.24) is 0 Å². The van der Waals surface area contributed by atoms with Gasteiger partial charge in [0.05, 0.1) is 6.61 Å². The Morgan fingerprint density at radius 2 is 1.73 bits per heavy atom. The van der Waals surface area contributed by atoms with Crippen molar-refractivity contribution in [2.45, 2.75) is 12.4 Å². The molecule has 0 aromatic heterocycles. The molecule has 3 heteroatoms. The van der Waals surface area contributed by atoms with Crippen molar-refractivity contribution in [3.8, 4) is 0 Å². The highest BCUT2D eigenvalue weighted by Crippen LogP contribution is 2.04. The SMILES string of the molecule is O=[S+]Cc1ccc(CO)cc1. The second kappa shape index (κ2) is 4.16. The molecule has 0 saturated carbocycles. The van der Waals surface area contributed by atoms with Crippen LogP contribution in [0.1, 0.15) is 11.1 Å². The maximum absolute atomic E-state index is 10.1. The molecule has 0 aliphatic rings. The van der Waals surface area contributed by atoms with Crippen LogP contribution in [0.3, 0.4) is 0 Å². The molecule has 1 rings (SSSR count). The van der Waals surface area contributed by atoms with E-state index in [4.69, 9.17) is 5.11 Å². The lowest BCUT2D eigenvalue weighted by atomic mass is 10.2. The number of hydrogen-bond donors (Lipinski definition) is 1. The van der Waals surface area contributed by atoms with Gasteiger partial charge in [0.15, 0.2) is 0 Å². The van der Waals surface area contributed by atoms with E-state index in [1.54, 1.807) is 0 Å². The molecule has 0 heterocycles. The molecule has 0 radical (unpaired) electrons. The molecular formula is C8H9O2S+. The molecule has 1 aromatic rings. The molecular weight excluding hydrogens is 160 g/mol. The summed E-state index contributed by atoms with van der Waals surface area (Å²) in [6.07, 6.45) is 0. The summed E-state index contributed by atoms with van der Waals surface area (Å²) in [4.78, 5) is 0. The fourth-order valence-corrected chi connectivity index (χ4v) is 1.14. The summed E-state index contributed by atoms with van der Waals surface area (Å²) < 4.78 is 10.1. The van der Waals surface area contributed by atoms with Crippen molar-refractivity contribution in [1.29, 1.82) is 0 Å². The van der Waals surface area contributed by atoms with Crippen LogP contribution in [0.4, 0.5) is 0 Å². The van der Waals surface area contributed by atoms with Crippen LogP contribution in [0.2, 0.25) is 0 Å². The van der Waals surface area contributed by atoms with Gasteiger partial charge in [0.2, 0.25) is 0 Å². The van der Waals surface area contributed by atoms with Gasteiger partial charge in [-0.2, -0.15) is 0 Å². The Morgan fingerprint density at radius 1 is 1.18 bits per heavy atom. The van der Waals surface area contributed by atoms with Gasteiger partial charge in [0, 0.05) is 9.77 Å². The standard InChI is InChI=1S/C8H9O2S/c9-5-7-1-3-8(4-2-7)6-11-10/h1-4,9H,5-6H2/q+1. The molecule has 0 spiro atoms. The topological polar surface area (TPSA) is 37.3 Å². The van der Waals surface area contributed by atoms with Gasteiger partial charge in [0.25, 0.3) is 5.75 Å². The second-order valence-corrected chi connectivity index (χ2v) is 2.76. The summed E-state index contributed by atoms with van der Waals surface area (Å²) in [6, 6.07) is 7.37. The second-order valence-electron chi connectivity index (χ2n) is 2.24. The van der Waals surface area contributed by atoms with E-state index in [-0.39, 0.29) is 6.61 Å². The smallest absolute Gasteiger partial charge is 0.392 e. The monoisotopic (exact) mass is 169 g/mol. The molecule has 1 N–H and O–H groups in total. The first kappa shape index (κ1) is 8.30. The zero-order valence-corrected chi connectivity index (χ0v) is 6.80. The molecule has 0 fully saturated rings. The minimum atomic E-state index is 0.0603. The minimum absolute atomic E-state index is 0.0603. The normalized spacial score (nSPS) is 9.55. The Bertz CT molecular complexity index is 230. The van der Waals surface area contributed by atoms with Crippen LogP contribution in [-0.4, -0.2) is 5.11 Å². The third-order valence-electron chi connectivity index (χ3n) is 1.43. The van der Waals surface area contributed by atoms with Crippen LogP contribution in [0, 0.1) is 0 Å². The van der Waals surface area contributed by atoms with Gasteiger partial charge in [-0.15, -0.1) is 0 Å². The maximum Gasteiger partial charge on any atom is 0.463 e. The fraction of sp³-hybridized carbons (Fsp3) is 0.250. The van der Waals surface area contributed by atoms with E-state index >= 15 is 0 Å². The highest BCUT2D eigenvalue weighted by molar-refractivity contribution is 7.64. The van der Waals surface area contributed by atoms with Crippen molar-refractivity contribution < 1.29 is 9.32 Å². The van der Waals surface area contributed by atoms with E-state index in [2.05, 4.69) is 0 Å². The van der Waals surface area contributed by atoms with E-state index in [0.717, 1.165) is 11.1 Å². The molecule has 0 aliphatic carbocycles. The first-order valence-electron chi connectivity index (χ1n) is 3.30. The highest BCUT2D eigenvalue weighted by Gasteiger charge is 2.00. The number of hydrogen-bond acceptors (Lipinski definition) is 2. The molecule has 0 amide bonds. The number of aliphatic hydroxyl groups is 1. The molecule has 58 valence electrons. The average Bonchev–Trinajstić information content (AvgIpc) is 2.07. The molecule has 0 bridgehead atoms. The van der Waals surface area contributed by atoms with Crippen LogP contribution >= 0.6 is 0 Å². The first-order chi connectivity index (χ1) is 5.36. The molecule has 0 aliphatic heterocycles. The van der Waals surface area contributed by atoms with Crippen LogP contribution in [0.5, 0.6) is 0 Å². The molecule has 0 atom stereocenters. The van der Waals surface area contributed by atoms with Gasteiger partial charge >= 0.3 is 11.7 Å². The Hall–Kier alpha value is -0.800. The van der Waals surface area contributed by atoms with Crippen LogP contribution in [0.25, 0.3) is 0 Å². The van der Waals surface area contributed by atoms with E-state index in [9.17, 15) is 4.21 Å². The fourth-order valence-electron chi connectivity index (χ4n) is 0.809. The van der Waals surface area contributed by atoms with E-state index in [1.165, 1.54) is 0 Å². The molecule has 11 heavy (non-hydrogen) atoms. The zero-order chi connectivity index (χ0) is 8.10. The van der Waals surface area contributed by atoms with Gasteiger partial charge in [0.1, 0.15) is 0 Å². The lowest BCUT2D eigenvalue weighted by Gasteiger charge is -1.93. The third-order valence-corrected chi connectivity index (χ3v) is 1.88. The molecule has 1 aromatic carbocycles. The molecule has 0 unspecified atom stereocenters. The summed E-state index contributed by atoms with van der Waals surface area (Å²) in [5.74, 6) is 0.492. The average molecular weight is 169 g/mol. The number of benzene rings is 1. The Labute approximate surface area is 69.4 Å². The van der Waals surface area contributed by atoms with E-state index in [0.29, 0.717) is 17.4 Å². The largest absolute Gasteiger partial charge is 0.463 e. The van der Waals surface area contributed by atoms with Gasteiger partial charge < -0.3 is 5.11 Å². The summed E-state index contributed by atoms with van der Waals surface area (Å²) in [7, 11) is 0. The van der Waals surface area contributed by atoms with Gasteiger partial charge in [-0.3, -0.25) is 0 Å². The maximum atomic E-state index is 10.1. The van der Waals surface area contributed by atoms with Gasteiger partial charge in [-0.05, 0) is 5.56 Å². The van der Waals surface area contributed by atoms with Crippen molar-refractivity contribution in [2.24, 2.45) is 0 Å². The van der Waals surface area contributed by atoms with E-state index in [1.807, 2.05) is 24.3 Å². The third kappa shape index (κ3) is 2.37. The Kier molecular flexibility index (Phi) is 3.14. The van der Waals surface area contributed by atoms with Crippen LogP contribution in [0.15, 0.2) is 24.3 Å². The van der Waals surface area contributed by atoms with Crippen molar-refractivity contribution in [2.75, 3.05) is 0 Å². The lowest BCUT2D eigenvalue weighted by Crippen LogP contribution is -1.85. The Balaban J connectivity index is 2.74. The summed E-state index contributed by atoms with van der Waals surface area (Å²) in [5, 5.41) is 8.69. The molecule has 2 nitrogen and oxygen atoms in total. The predicted octanol–water partition coefficient (Wildman–Crippen LogP) is 1.11. The zero-order valence-electron chi connectivity index (χ0n) is 5.99. The summed E-state index contributed by atoms with van der Waals surface area (Å²) in [5.41, 5.74) is 1.88. The first-order valence-corrected chi connectivity index (χ1v) is 4.21. The number of rotatable bonds is 3. The molecule has 0 saturated heterocycles. The van der Waals surface area contributed by atoms with Crippen molar-refractivity contribution in [3.63, 3.8) is 0 Å². The number of aliphatic hydroxyl groups excluding tert-OH is 1. The summed E-state index contributed by atoms with van der Waals surface area (Å²) in [6.45, 7) is 0.0603. The predicted molar refractivity (Wildman–Crippen MR) is 44.1 cm³/mol. The Morgan fingerprint density at radius 3 is 2.18 bits per heavy atom. The van der Waals surface area contributed by atoms with Gasteiger partial charge in [-0.25, -0.2) is 0 Å². The van der Waals surface area contributed by atoms with Crippen LogP contribution in [-0.2, 0) is 28.2 Å². The van der Waals surface area contributed by atoms with Gasteiger partial charge in [-0.1, -0.05) is 24.3 Å². The lowest BCUT2D eigenvalue weighted by molar-refractivity contribution is 0.282. The highest BCUT2D eigenvalue weighted by atomic mass is 32.1. The van der Waals surface area contributed by atoms with Crippen molar-refractivity contribution in [3.05, 3.63) is 35.4 Å².